The highest BCUT2D eigenvalue weighted by Crippen LogP contribution is 2.27. The molecule has 1 aromatic heterocycles. The molecule has 1 aromatic carbocycles. The number of rotatable bonds is 11. The first kappa shape index (κ1) is 22.6. The normalized spacial score (nSPS) is 11.7. The third kappa shape index (κ3) is 7.31. The van der Waals surface area contributed by atoms with E-state index in [1.54, 1.807) is 26.2 Å². The van der Waals surface area contributed by atoms with E-state index < -0.39 is 0 Å². The first-order chi connectivity index (χ1) is 14.1. The van der Waals surface area contributed by atoms with Crippen molar-refractivity contribution in [2.45, 2.75) is 45.4 Å². The monoisotopic (exact) mass is 399 g/mol. The molecule has 2 aromatic rings. The van der Waals surface area contributed by atoms with Gasteiger partial charge in [0, 0.05) is 31.2 Å². The molecule has 0 saturated carbocycles. The van der Waals surface area contributed by atoms with Gasteiger partial charge in [-0.25, -0.2) is 0 Å². The highest BCUT2D eigenvalue weighted by Gasteiger charge is 2.16. The Labute approximate surface area is 171 Å². The summed E-state index contributed by atoms with van der Waals surface area (Å²) in [5, 5.41) is 10.0. The molecule has 0 saturated heterocycles. The Morgan fingerprint density at radius 3 is 2.00 bits per heavy atom. The number of ether oxygens (including phenoxy) is 2. The van der Waals surface area contributed by atoms with Crippen LogP contribution >= 0.6 is 0 Å². The van der Waals surface area contributed by atoms with E-state index in [9.17, 15) is 14.7 Å². The van der Waals surface area contributed by atoms with Crippen molar-refractivity contribution >= 4 is 11.9 Å². The second-order valence-electron chi connectivity index (χ2n) is 6.71. The standard InChI is InChI=1S/C23H29NO5/c1-3-28-22(26)9-7-17-12-18(8-10-23(27)29-4-2)14-20(13-17)21(16-25)19-6-5-11-24-15-19/h5-6,11-15,21,25H,3-4,7-10,16H2,1-2H3. The van der Waals surface area contributed by atoms with Crippen molar-refractivity contribution in [1.29, 1.82) is 0 Å². The number of esters is 2. The zero-order valence-corrected chi connectivity index (χ0v) is 17.1. The van der Waals surface area contributed by atoms with Crippen molar-refractivity contribution in [2.24, 2.45) is 0 Å². The fourth-order valence-corrected chi connectivity index (χ4v) is 3.23. The predicted octanol–water partition coefficient (Wildman–Crippen LogP) is 3.20. The second-order valence-corrected chi connectivity index (χ2v) is 6.71. The van der Waals surface area contributed by atoms with Gasteiger partial charge in [0.15, 0.2) is 0 Å². The molecule has 2 rings (SSSR count). The molecule has 1 heterocycles. The van der Waals surface area contributed by atoms with E-state index in [0.29, 0.717) is 26.1 Å². The molecule has 6 heteroatoms. The van der Waals surface area contributed by atoms with Crippen LogP contribution in [0, 0.1) is 0 Å². The van der Waals surface area contributed by atoms with Crippen molar-refractivity contribution in [2.75, 3.05) is 19.8 Å². The van der Waals surface area contributed by atoms with Crippen LogP contribution in [-0.4, -0.2) is 41.8 Å². The van der Waals surface area contributed by atoms with E-state index >= 15 is 0 Å². The smallest absolute Gasteiger partial charge is 0.306 e. The average Bonchev–Trinajstić information content (AvgIpc) is 2.73. The second kappa shape index (κ2) is 12.0. The topological polar surface area (TPSA) is 85.7 Å². The highest BCUT2D eigenvalue weighted by atomic mass is 16.5. The van der Waals surface area contributed by atoms with Gasteiger partial charge in [0.2, 0.25) is 0 Å². The highest BCUT2D eigenvalue weighted by molar-refractivity contribution is 5.70. The number of aryl methyl sites for hydroxylation is 2. The summed E-state index contributed by atoms with van der Waals surface area (Å²) in [5.74, 6) is -0.707. The van der Waals surface area contributed by atoms with Crippen LogP contribution in [0.5, 0.6) is 0 Å². The minimum Gasteiger partial charge on any atom is -0.466 e. The third-order valence-corrected chi connectivity index (χ3v) is 4.59. The van der Waals surface area contributed by atoms with Gasteiger partial charge in [-0.05, 0) is 55.0 Å². The molecule has 0 bridgehead atoms. The summed E-state index contributed by atoms with van der Waals surface area (Å²) in [5.41, 5.74) is 3.78. The van der Waals surface area contributed by atoms with Crippen molar-refractivity contribution in [3.63, 3.8) is 0 Å². The molecule has 0 radical (unpaired) electrons. The molecular weight excluding hydrogens is 370 g/mol. The van der Waals surface area contributed by atoms with Crippen molar-refractivity contribution in [1.82, 2.24) is 4.98 Å². The van der Waals surface area contributed by atoms with Crippen LogP contribution in [-0.2, 0) is 31.9 Å². The molecule has 6 nitrogen and oxygen atoms in total. The molecule has 0 aliphatic rings. The van der Waals surface area contributed by atoms with Crippen LogP contribution in [0.15, 0.2) is 42.7 Å². The van der Waals surface area contributed by atoms with Crippen LogP contribution in [0.4, 0.5) is 0 Å². The number of aromatic nitrogens is 1. The number of carbonyl (C=O) groups is 2. The van der Waals surface area contributed by atoms with Crippen LogP contribution in [0.1, 0.15) is 54.9 Å². The fourth-order valence-electron chi connectivity index (χ4n) is 3.23. The van der Waals surface area contributed by atoms with Gasteiger partial charge in [0.05, 0.1) is 19.8 Å². The van der Waals surface area contributed by atoms with E-state index in [-0.39, 0.29) is 37.3 Å². The number of pyridine rings is 1. The van der Waals surface area contributed by atoms with Gasteiger partial charge in [-0.1, -0.05) is 24.3 Å². The van der Waals surface area contributed by atoms with E-state index in [2.05, 4.69) is 4.98 Å². The molecule has 0 aliphatic carbocycles. The molecule has 156 valence electrons. The van der Waals surface area contributed by atoms with Crippen LogP contribution < -0.4 is 0 Å². The van der Waals surface area contributed by atoms with Gasteiger partial charge in [0.25, 0.3) is 0 Å². The molecule has 1 unspecified atom stereocenters. The van der Waals surface area contributed by atoms with Crippen molar-refractivity contribution in [3.8, 4) is 0 Å². The number of aliphatic hydroxyl groups is 1. The molecular formula is C23H29NO5. The predicted molar refractivity (Wildman–Crippen MR) is 110 cm³/mol. The Morgan fingerprint density at radius 2 is 1.55 bits per heavy atom. The van der Waals surface area contributed by atoms with Gasteiger partial charge < -0.3 is 14.6 Å². The van der Waals surface area contributed by atoms with Crippen molar-refractivity contribution < 1.29 is 24.2 Å². The van der Waals surface area contributed by atoms with E-state index in [1.165, 1.54) is 0 Å². The Morgan fingerprint density at radius 1 is 0.966 bits per heavy atom. The Hall–Kier alpha value is -2.73. The maximum atomic E-state index is 11.8. The van der Waals surface area contributed by atoms with Crippen LogP contribution in [0.2, 0.25) is 0 Å². The number of carbonyl (C=O) groups excluding carboxylic acids is 2. The van der Waals surface area contributed by atoms with Gasteiger partial charge >= 0.3 is 11.9 Å². The maximum Gasteiger partial charge on any atom is 0.306 e. The maximum absolute atomic E-state index is 11.8. The largest absolute Gasteiger partial charge is 0.466 e. The molecule has 0 spiro atoms. The summed E-state index contributed by atoms with van der Waals surface area (Å²) in [4.78, 5) is 27.7. The summed E-state index contributed by atoms with van der Waals surface area (Å²) >= 11 is 0. The first-order valence-electron chi connectivity index (χ1n) is 10.0. The molecule has 1 atom stereocenters. The van der Waals surface area contributed by atoms with Gasteiger partial charge in [0.1, 0.15) is 0 Å². The number of hydrogen-bond acceptors (Lipinski definition) is 6. The number of aliphatic hydroxyl groups excluding tert-OH is 1. The van der Waals surface area contributed by atoms with Crippen molar-refractivity contribution in [3.05, 3.63) is 65.0 Å². The van der Waals surface area contributed by atoms with E-state index in [4.69, 9.17) is 9.47 Å². The Bertz CT molecular complexity index is 751. The Kier molecular flexibility index (Phi) is 9.31. The van der Waals surface area contributed by atoms with Gasteiger partial charge in [-0.3, -0.25) is 14.6 Å². The summed E-state index contributed by atoms with van der Waals surface area (Å²) < 4.78 is 10.0. The molecule has 1 N–H and O–H groups in total. The number of benzene rings is 1. The SMILES string of the molecule is CCOC(=O)CCc1cc(CCC(=O)OCC)cc(C(CO)c2cccnc2)c1. The lowest BCUT2D eigenvalue weighted by Gasteiger charge is -2.18. The Balaban J connectivity index is 2.27. The third-order valence-electron chi connectivity index (χ3n) is 4.59. The number of nitrogens with zero attached hydrogens (tertiary/aromatic N) is 1. The van der Waals surface area contributed by atoms with Crippen LogP contribution in [0.25, 0.3) is 0 Å². The number of hydrogen-bond donors (Lipinski definition) is 1. The molecule has 0 aliphatic heterocycles. The van der Waals surface area contributed by atoms with Gasteiger partial charge in [-0.2, -0.15) is 0 Å². The summed E-state index contributed by atoms with van der Waals surface area (Å²) in [6, 6.07) is 9.77. The van der Waals surface area contributed by atoms with E-state index in [1.807, 2.05) is 30.3 Å². The lowest BCUT2D eigenvalue weighted by molar-refractivity contribution is -0.143. The zero-order valence-electron chi connectivity index (χ0n) is 17.1. The quantitative estimate of drug-likeness (QED) is 0.584. The lowest BCUT2D eigenvalue weighted by Crippen LogP contribution is -2.10. The van der Waals surface area contributed by atoms with Crippen LogP contribution in [0.3, 0.4) is 0 Å². The average molecular weight is 399 g/mol. The molecule has 29 heavy (non-hydrogen) atoms. The summed E-state index contributed by atoms with van der Waals surface area (Å²) in [7, 11) is 0. The minimum absolute atomic E-state index is 0.0651. The first-order valence-corrected chi connectivity index (χ1v) is 10.0. The zero-order chi connectivity index (χ0) is 21.1. The molecule has 0 amide bonds. The summed E-state index contributed by atoms with van der Waals surface area (Å²) in [6.07, 6.45) is 5.06. The lowest BCUT2D eigenvalue weighted by atomic mass is 9.89. The molecule has 0 fully saturated rings. The fraction of sp³-hybridized carbons (Fsp3) is 0.435. The minimum atomic E-state index is -0.239. The summed E-state index contributed by atoms with van der Waals surface area (Å²) in [6.45, 7) is 4.22. The van der Waals surface area contributed by atoms with Gasteiger partial charge in [-0.15, -0.1) is 0 Å². The van der Waals surface area contributed by atoms with E-state index in [0.717, 1.165) is 22.3 Å².